The minimum absolute atomic E-state index is 0.254. The van der Waals surface area contributed by atoms with Crippen LogP contribution in [0.1, 0.15) is 5.56 Å². The first kappa shape index (κ1) is 8.57. The summed E-state index contributed by atoms with van der Waals surface area (Å²) < 4.78 is 12.6. The molecule has 0 aliphatic carbocycles. The fourth-order valence-electron chi connectivity index (χ4n) is 0.772. The largest absolute Gasteiger partial charge is 0.398 e. The van der Waals surface area contributed by atoms with Crippen molar-refractivity contribution in [1.82, 2.24) is 0 Å². The van der Waals surface area contributed by atoms with E-state index in [1.807, 2.05) is 0 Å². The summed E-state index contributed by atoms with van der Waals surface area (Å²) in [5, 5.41) is 8.38. The number of rotatable bonds is 0. The van der Waals surface area contributed by atoms with Gasteiger partial charge >= 0.3 is 0 Å². The summed E-state index contributed by atoms with van der Waals surface area (Å²) in [6.07, 6.45) is 0. The summed E-state index contributed by atoms with van der Waals surface area (Å²) in [6, 6.07) is 3.94. The minimum Gasteiger partial charge on any atom is -0.398 e. The van der Waals surface area contributed by atoms with E-state index < -0.39 is 0 Å². The van der Waals surface area contributed by atoms with E-state index in [2.05, 4.69) is 11.8 Å². The van der Waals surface area contributed by atoms with Gasteiger partial charge in [0.1, 0.15) is 12.4 Å². The van der Waals surface area contributed by atoms with Crippen molar-refractivity contribution in [2.45, 2.75) is 0 Å². The molecule has 0 spiro atoms. The van der Waals surface area contributed by atoms with Gasteiger partial charge in [-0.3, -0.25) is 0 Å². The van der Waals surface area contributed by atoms with Gasteiger partial charge in [-0.2, -0.15) is 0 Å². The second-order valence-corrected chi connectivity index (χ2v) is 2.19. The second kappa shape index (κ2) is 3.74. The Morgan fingerprint density at radius 3 is 2.92 bits per heavy atom. The first-order chi connectivity index (χ1) is 5.74. The number of anilines is 1. The second-order valence-electron chi connectivity index (χ2n) is 2.19. The fraction of sp³-hybridized carbons (Fsp3) is 0.111. The van der Waals surface area contributed by atoms with Gasteiger partial charge in [-0.15, -0.1) is 0 Å². The van der Waals surface area contributed by atoms with E-state index in [4.69, 9.17) is 10.8 Å². The third-order valence-electron chi connectivity index (χ3n) is 1.32. The SMILES string of the molecule is Nc1ccc(F)cc1C#CCO. The molecule has 0 fully saturated rings. The predicted molar refractivity (Wildman–Crippen MR) is 44.8 cm³/mol. The Hall–Kier alpha value is -1.53. The van der Waals surface area contributed by atoms with E-state index in [-0.39, 0.29) is 12.4 Å². The molecule has 1 aromatic carbocycles. The molecule has 62 valence electrons. The average molecular weight is 165 g/mol. The van der Waals surface area contributed by atoms with Crippen LogP contribution in [0.2, 0.25) is 0 Å². The molecule has 0 amide bonds. The van der Waals surface area contributed by atoms with Crippen molar-refractivity contribution in [3.8, 4) is 11.8 Å². The summed E-state index contributed by atoms with van der Waals surface area (Å²) in [4.78, 5) is 0. The molecule has 12 heavy (non-hydrogen) atoms. The lowest BCUT2D eigenvalue weighted by Crippen LogP contribution is -1.91. The molecule has 1 rings (SSSR count). The van der Waals surface area contributed by atoms with Crippen LogP contribution in [0.5, 0.6) is 0 Å². The normalized spacial score (nSPS) is 8.83. The summed E-state index contributed by atoms with van der Waals surface area (Å²) in [5.41, 5.74) is 6.30. The number of halogens is 1. The van der Waals surface area contributed by atoms with Crippen LogP contribution in [-0.4, -0.2) is 11.7 Å². The zero-order valence-electron chi connectivity index (χ0n) is 6.34. The van der Waals surface area contributed by atoms with Crippen molar-refractivity contribution in [3.63, 3.8) is 0 Å². The molecule has 0 saturated carbocycles. The van der Waals surface area contributed by atoms with Gasteiger partial charge in [-0.25, -0.2) is 4.39 Å². The molecule has 3 N–H and O–H groups in total. The number of aliphatic hydroxyl groups excluding tert-OH is 1. The quantitative estimate of drug-likeness (QED) is 0.440. The van der Waals surface area contributed by atoms with Crippen molar-refractivity contribution < 1.29 is 9.50 Å². The summed E-state index contributed by atoms with van der Waals surface area (Å²) in [5.74, 6) is 4.55. The summed E-state index contributed by atoms with van der Waals surface area (Å²) in [6.45, 7) is -0.254. The fourth-order valence-corrected chi connectivity index (χ4v) is 0.772. The Morgan fingerprint density at radius 1 is 1.50 bits per heavy atom. The molecular formula is C9H8FNO. The zero-order chi connectivity index (χ0) is 8.97. The molecule has 0 heterocycles. The molecule has 0 unspecified atom stereocenters. The molecule has 0 saturated heterocycles. The predicted octanol–water partition coefficient (Wildman–Crippen LogP) is 0.752. The zero-order valence-corrected chi connectivity index (χ0v) is 6.34. The van der Waals surface area contributed by atoms with Gasteiger partial charge in [-0.1, -0.05) is 11.8 Å². The van der Waals surface area contributed by atoms with Crippen LogP contribution in [0.25, 0.3) is 0 Å². The Morgan fingerprint density at radius 2 is 2.25 bits per heavy atom. The molecule has 3 heteroatoms. The lowest BCUT2D eigenvalue weighted by molar-refractivity contribution is 0.350. The van der Waals surface area contributed by atoms with Crippen LogP contribution in [0.4, 0.5) is 10.1 Å². The topological polar surface area (TPSA) is 46.2 Å². The van der Waals surface area contributed by atoms with Crippen molar-refractivity contribution >= 4 is 5.69 Å². The van der Waals surface area contributed by atoms with Crippen LogP contribution in [0.3, 0.4) is 0 Å². The molecular weight excluding hydrogens is 157 g/mol. The molecule has 0 aliphatic heterocycles. The molecule has 2 nitrogen and oxygen atoms in total. The van der Waals surface area contributed by atoms with Gasteiger partial charge in [0.25, 0.3) is 0 Å². The molecule has 0 atom stereocenters. The molecule has 0 aromatic heterocycles. The van der Waals surface area contributed by atoms with Crippen molar-refractivity contribution in [2.75, 3.05) is 12.3 Å². The van der Waals surface area contributed by atoms with E-state index in [0.29, 0.717) is 11.3 Å². The molecule has 0 bridgehead atoms. The minimum atomic E-state index is -0.383. The van der Waals surface area contributed by atoms with Crippen LogP contribution in [-0.2, 0) is 0 Å². The van der Waals surface area contributed by atoms with Crippen molar-refractivity contribution in [3.05, 3.63) is 29.6 Å². The number of aliphatic hydroxyl groups is 1. The first-order valence-electron chi connectivity index (χ1n) is 3.39. The Bertz CT molecular complexity index is 338. The van der Waals surface area contributed by atoms with Gasteiger partial charge in [0.2, 0.25) is 0 Å². The average Bonchev–Trinajstić information content (AvgIpc) is 2.07. The van der Waals surface area contributed by atoms with Crippen LogP contribution in [0.15, 0.2) is 18.2 Å². The van der Waals surface area contributed by atoms with Gasteiger partial charge in [-0.05, 0) is 18.2 Å². The Labute approximate surface area is 69.8 Å². The number of benzene rings is 1. The van der Waals surface area contributed by atoms with Crippen LogP contribution >= 0.6 is 0 Å². The maximum absolute atomic E-state index is 12.6. The van der Waals surface area contributed by atoms with Gasteiger partial charge < -0.3 is 10.8 Å². The lowest BCUT2D eigenvalue weighted by atomic mass is 10.2. The highest BCUT2D eigenvalue weighted by atomic mass is 19.1. The number of hydrogen-bond acceptors (Lipinski definition) is 2. The Balaban J connectivity index is 3.05. The monoisotopic (exact) mass is 165 g/mol. The highest BCUT2D eigenvalue weighted by molar-refractivity contribution is 5.55. The van der Waals surface area contributed by atoms with Gasteiger partial charge in [0.05, 0.1) is 5.56 Å². The summed E-state index contributed by atoms with van der Waals surface area (Å²) in [7, 11) is 0. The number of hydrogen-bond donors (Lipinski definition) is 2. The van der Waals surface area contributed by atoms with Crippen LogP contribution < -0.4 is 5.73 Å². The number of nitrogens with two attached hydrogens (primary N) is 1. The van der Waals surface area contributed by atoms with E-state index >= 15 is 0 Å². The van der Waals surface area contributed by atoms with E-state index in [0.717, 1.165) is 0 Å². The standard InChI is InChI=1S/C9H8FNO/c10-8-3-4-9(11)7(6-8)2-1-5-12/h3-4,6,12H,5,11H2. The third-order valence-corrected chi connectivity index (χ3v) is 1.32. The van der Waals surface area contributed by atoms with Crippen molar-refractivity contribution in [1.29, 1.82) is 0 Å². The number of nitrogen functional groups attached to an aromatic ring is 1. The molecule has 1 aromatic rings. The first-order valence-corrected chi connectivity index (χ1v) is 3.39. The maximum atomic E-state index is 12.6. The van der Waals surface area contributed by atoms with E-state index in [1.165, 1.54) is 18.2 Å². The van der Waals surface area contributed by atoms with Gasteiger partial charge in [0, 0.05) is 5.69 Å². The maximum Gasteiger partial charge on any atom is 0.124 e. The van der Waals surface area contributed by atoms with E-state index in [1.54, 1.807) is 0 Å². The lowest BCUT2D eigenvalue weighted by Gasteiger charge is -1.96. The summed E-state index contributed by atoms with van der Waals surface area (Å²) >= 11 is 0. The third kappa shape index (κ3) is 1.97. The molecule has 0 aliphatic rings. The smallest absolute Gasteiger partial charge is 0.124 e. The van der Waals surface area contributed by atoms with Gasteiger partial charge in [0.15, 0.2) is 0 Å². The van der Waals surface area contributed by atoms with E-state index in [9.17, 15) is 4.39 Å². The van der Waals surface area contributed by atoms with Crippen molar-refractivity contribution in [2.24, 2.45) is 0 Å². The highest BCUT2D eigenvalue weighted by Crippen LogP contribution is 2.11. The molecule has 0 radical (unpaired) electrons. The van der Waals surface area contributed by atoms with Crippen LogP contribution in [0, 0.1) is 17.7 Å². The highest BCUT2D eigenvalue weighted by Gasteiger charge is 1.96. The Kier molecular flexibility index (Phi) is 2.67.